The first-order valence-corrected chi connectivity index (χ1v) is 5.94. The van der Waals surface area contributed by atoms with Crippen molar-refractivity contribution >= 4 is 5.97 Å². The Labute approximate surface area is 112 Å². The molecule has 4 heteroatoms. The van der Waals surface area contributed by atoms with E-state index in [4.69, 9.17) is 4.74 Å². The first-order chi connectivity index (χ1) is 9.31. The molecule has 98 valence electrons. The topological polar surface area (TPSA) is 48.4 Å². The van der Waals surface area contributed by atoms with Gasteiger partial charge in [0, 0.05) is 18.0 Å². The van der Waals surface area contributed by atoms with Crippen LogP contribution < -0.4 is 0 Å². The summed E-state index contributed by atoms with van der Waals surface area (Å²) in [6, 6.07) is 13.5. The van der Waals surface area contributed by atoms with Crippen molar-refractivity contribution in [1.29, 1.82) is 0 Å². The average Bonchev–Trinajstić information content (AvgIpc) is 2.49. The van der Waals surface area contributed by atoms with Crippen molar-refractivity contribution in [3.63, 3.8) is 0 Å². The van der Waals surface area contributed by atoms with Crippen molar-refractivity contribution < 1.29 is 14.3 Å². The Morgan fingerprint density at radius 3 is 2.53 bits per heavy atom. The highest BCUT2D eigenvalue weighted by molar-refractivity contribution is 5.70. The van der Waals surface area contributed by atoms with E-state index in [1.165, 1.54) is 7.11 Å². The molecule has 1 atom stereocenters. The number of rotatable bonds is 5. The van der Waals surface area contributed by atoms with Crippen LogP contribution in [0.3, 0.4) is 0 Å². The Balaban J connectivity index is 2.21. The molecular weight excluding hydrogens is 242 g/mol. The van der Waals surface area contributed by atoms with Crippen LogP contribution in [0.5, 0.6) is 0 Å². The highest BCUT2D eigenvalue weighted by atomic mass is 16.6. The summed E-state index contributed by atoms with van der Waals surface area (Å²) < 4.78 is 10.2. The number of carbonyl (C=O) groups excluding carboxylic acids is 1. The third-order valence-corrected chi connectivity index (χ3v) is 2.69. The second kappa shape index (κ2) is 6.66. The van der Waals surface area contributed by atoms with E-state index < -0.39 is 5.97 Å². The zero-order valence-electron chi connectivity index (χ0n) is 10.7. The minimum Gasteiger partial charge on any atom is -0.467 e. The Morgan fingerprint density at radius 1 is 1.16 bits per heavy atom. The van der Waals surface area contributed by atoms with E-state index >= 15 is 0 Å². The number of carbonyl (C=O) groups is 1. The number of pyridine rings is 1. The van der Waals surface area contributed by atoms with Crippen molar-refractivity contribution in [1.82, 2.24) is 4.98 Å². The van der Waals surface area contributed by atoms with Crippen molar-refractivity contribution in [3.8, 4) is 0 Å². The van der Waals surface area contributed by atoms with Crippen LogP contribution >= 0.6 is 0 Å². The van der Waals surface area contributed by atoms with Crippen LogP contribution in [0.15, 0.2) is 54.9 Å². The summed E-state index contributed by atoms with van der Waals surface area (Å²) in [6.07, 6.45) is 3.11. The fourth-order valence-corrected chi connectivity index (χ4v) is 1.75. The number of hydrogen-bond acceptors (Lipinski definition) is 4. The molecule has 2 rings (SSSR count). The van der Waals surface area contributed by atoms with Crippen molar-refractivity contribution in [2.45, 2.75) is 6.10 Å². The van der Waals surface area contributed by atoms with Gasteiger partial charge in [-0.05, 0) is 11.6 Å². The smallest absolute Gasteiger partial charge is 0.331 e. The molecule has 0 saturated carbocycles. The normalized spacial score (nSPS) is 11.8. The summed E-state index contributed by atoms with van der Waals surface area (Å²) in [5.74, 6) is -0.398. The lowest BCUT2D eigenvalue weighted by Gasteiger charge is -2.17. The maximum Gasteiger partial charge on any atom is 0.331 e. The van der Waals surface area contributed by atoms with E-state index in [1.807, 2.05) is 42.5 Å². The van der Waals surface area contributed by atoms with Gasteiger partial charge in [-0.1, -0.05) is 36.4 Å². The second-order valence-corrected chi connectivity index (χ2v) is 3.96. The first kappa shape index (κ1) is 13.2. The van der Waals surface area contributed by atoms with E-state index in [9.17, 15) is 4.79 Å². The number of ether oxygens (including phenoxy) is 2. The quantitative estimate of drug-likeness (QED) is 0.771. The first-order valence-electron chi connectivity index (χ1n) is 5.94. The summed E-state index contributed by atoms with van der Waals surface area (Å²) >= 11 is 0. The fraction of sp³-hybridized carbons (Fsp3) is 0.200. The zero-order valence-corrected chi connectivity index (χ0v) is 10.7. The lowest BCUT2D eigenvalue weighted by atomic mass is 10.0. The van der Waals surface area contributed by atoms with E-state index in [2.05, 4.69) is 9.72 Å². The van der Waals surface area contributed by atoms with E-state index in [1.54, 1.807) is 12.4 Å². The Morgan fingerprint density at radius 2 is 1.89 bits per heavy atom. The standard InChI is InChI=1S/C15H15NO3/c1-18-14(17)11-19-15(12-6-3-2-4-7-12)13-8-5-9-16-10-13/h2-10,15H,11H2,1H3. The largest absolute Gasteiger partial charge is 0.467 e. The lowest BCUT2D eigenvalue weighted by Crippen LogP contribution is -2.15. The molecule has 0 radical (unpaired) electrons. The molecule has 0 aliphatic carbocycles. The molecule has 1 heterocycles. The van der Waals surface area contributed by atoms with Crippen LogP contribution in [0, 0.1) is 0 Å². The predicted molar refractivity (Wildman–Crippen MR) is 70.5 cm³/mol. The highest BCUT2D eigenvalue weighted by Gasteiger charge is 2.16. The van der Waals surface area contributed by atoms with Crippen LogP contribution in [0.4, 0.5) is 0 Å². The minimum absolute atomic E-state index is 0.0923. The molecule has 1 unspecified atom stereocenters. The van der Waals surface area contributed by atoms with Gasteiger partial charge < -0.3 is 9.47 Å². The van der Waals surface area contributed by atoms with Crippen molar-refractivity contribution in [3.05, 3.63) is 66.0 Å². The molecule has 0 amide bonds. The van der Waals surface area contributed by atoms with Gasteiger partial charge in [-0.2, -0.15) is 0 Å². The van der Waals surface area contributed by atoms with Gasteiger partial charge in [0.2, 0.25) is 0 Å². The number of aromatic nitrogens is 1. The molecule has 1 aromatic carbocycles. The Hall–Kier alpha value is -2.20. The predicted octanol–water partition coefficient (Wildman–Crippen LogP) is 2.36. The van der Waals surface area contributed by atoms with Gasteiger partial charge in [-0.3, -0.25) is 4.98 Å². The fourth-order valence-electron chi connectivity index (χ4n) is 1.75. The summed E-state index contributed by atoms with van der Waals surface area (Å²) in [4.78, 5) is 15.3. The molecule has 4 nitrogen and oxygen atoms in total. The van der Waals surface area contributed by atoms with Crippen LogP contribution in [0.1, 0.15) is 17.2 Å². The van der Waals surface area contributed by atoms with Gasteiger partial charge in [0.1, 0.15) is 12.7 Å². The van der Waals surface area contributed by atoms with Crippen LogP contribution in [0.25, 0.3) is 0 Å². The summed E-state index contributed by atoms with van der Waals surface area (Å²) in [5, 5.41) is 0. The summed E-state index contributed by atoms with van der Waals surface area (Å²) in [7, 11) is 1.34. The SMILES string of the molecule is COC(=O)COC(c1ccccc1)c1cccnc1. The van der Waals surface area contributed by atoms with Crippen LogP contribution in [-0.4, -0.2) is 24.7 Å². The molecular formula is C15H15NO3. The molecule has 0 aliphatic rings. The summed E-state index contributed by atoms with van der Waals surface area (Å²) in [5.41, 5.74) is 1.87. The molecule has 0 spiro atoms. The van der Waals surface area contributed by atoms with Gasteiger partial charge in [-0.15, -0.1) is 0 Å². The number of hydrogen-bond donors (Lipinski definition) is 0. The number of benzene rings is 1. The molecule has 0 saturated heterocycles. The van der Waals surface area contributed by atoms with Gasteiger partial charge >= 0.3 is 5.97 Å². The van der Waals surface area contributed by atoms with Crippen molar-refractivity contribution in [2.75, 3.05) is 13.7 Å². The van der Waals surface area contributed by atoms with E-state index in [-0.39, 0.29) is 12.7 Å². The monoisotopic (exact) mass is 257 g/mol. The number of methoxy groups -OCH3 is 1. The van der Waals surface area contributed by atoms with Gasteiger partial charge in [-0.25, -0.2) is 4.79 Å². The van der Waals surface area contributed by atoms with Crippen LogP contribution in [-0.2, 0) is 14.3 Å². The molecule has 0 bridgehead atoms. The van der Waals surface area contributed by atoms with Crippen molar-refractivity contribution in [2.24, 2.45) is 0 Å². The molecule has 2 aromatic rings. The Kier molecular flexibility index (Phi) is 4.64. The molecule has 1 aromatic heterocycles. The molecule has 0 aliphatic heterocycles. The van der Waals surface area contributed by atoms with Gasteiger partial charge in [0.15, 0.2) is 0 Å². The summed E-state index contributed by atoms with van der Waals surface area (Å²) in [6.45, 7) is -0.0923. The number of nitrogens with zero attached hydrogens (tertiary/aromatic N) is 1. The van der Waals surface area contributed by atoms with Gasteiger partial charge in [0.25, 0.3) is 0 Å². The second-order valence-electron chi connectivity index (χ2n) is 3.96. The third-order valence-electron chi connectivity index (χ3n) is 2.69. The molecule has 19 heavy (non-hydrogen) atoms. The highest BCUT2D eigenvalue weighted by Crippen LogP contribution is 2.24. The maximum absolute atomic E-state index is 11.2. The Bertz CT molecular complexity index is 474. The molecule has 0 fully saturated rings. The average molecular weight is 257 g/mol. The van der Waals surface area contributed by atoms with E-state index in [0.29, 0.717) is 0 Å². The zero-order chi connectivity index (χ0) is 13.5. The molecule has 0 N–H and O–H groups in total. The maximum atomic E-state index is 11.2. The lowest BCUT2D eigenvalue weighted by molar-refractivity contribution is -0.147. The van der Waals surface area contributed by atoms with E-state index in [0.717, 1.165) is 11.1 Å². The van der Waals surface area contributed by atoms with Crippen LogP contribution in [0.2, 0.25) is 0 Å². The minimum atomic E-state index is -0.398. The number of esters is 1. The third kappa shape index (κ3) is 3.63. The van der Waals surface area contributed by atoms with Gasteiger partial charge in [0.05, 0.1) is 7.11 Å².